The minimum absolute atomic E-state index is 0.313. The molecule has 0 atom stereocenters. The molecule has 0 heterocycles. The van der Waals surface area contributed by atoms with E-state index < -0.39 is 5.41 Å². The van der Waals surface area contributed by atoms with Crippen molar-refractivity contribution in [1.29, 1.82) is 0 Å². The quantitative estimate of drug-likeness (QED) is 0.426. The summed E-state index contributed by atoms with van der Waals surface area (Å²) in [4.78, 5) is 10.8. The number of unbranched alkanes of at least 4 members (excludes halogenated alkanes) is 1. The second kappa shape index (κ2) is 3.59. The highest BCUT2D eigenvalue weighted by molar-refractivity contribution is 5.92. The molecule has 0 aromatic rings. The van der Waals surface area contributed by atoms with E-state index in [0.29, 0.717) is 0 Å². The van der Waals surface area contributed by atoms with Crippen molar-refractivity contribution in [2.24, 2.45) is 11.1 Å². The first kappa shape index (κ1) is 9.08. The topological polar surface area (TPSA) is 55.1 Å². The number of hydrogen-bond acceptors (Lipinski definition) is 2. The van der Waals surface area contributed by atoms with E-state index in [9.17, 15) is 4.79 Å². The molecule has 1 aliphatic rings. The van der Waals surface area contributed by atoms with E-state index >= 15 is 0 Å². The van der Waals surface area contributed by atoms with Gasteiger partial charge in [-0.25, -0.2) is 0 Å². The molecule has 66 valence electrons. The maximum absolute atomic E-state index is 10.8. The smallest absolute Gasteiger partial charge is 0.247 e. The summed E-state index contributed by atoms with van der Waals surface area (Å²) in [5.41, 5.74) is 4.58. The number of primary amides is 1. The Morgan fingerprint density at radius 2 is 2.17 bits per heavy atom. The molecule has 0 saturated carbocycles. The highest BCUT2D eigenvalue weighted by Gasteiger charge is 2.39. The van der Waals surface area contributed by atoms with Crippen LogP contribution >= 0.6 is 0 Å². The molecule has 0 spiro atoms. The molecular formula is C9H14N2O. The van der Waals surface area contributed by atoms with E-state index in [1.807, 2.05) is 7.05 Å². The third-order valence-corrected chi connectivity index (χ3v) is 2.08. The molecule has 1 aliphatic carbocycles. The number of carbonyl (C=O) groups is 1. The summed E-state index contributed by atoms with van der Waals surface area (Å²) in [7, 11) is 1.91. The number of nitrogens with one attached hydrogen (secondary N) is 1. The van der Waals surface area contributed by atoms with E-state index in [1.165, 1.54) is 0 Å². The Morgan fingerprint density at radius 1 is 1.50 bits per heavy atom. The zero-order valence-electron chi connectivity index (χ0n) is 7.31. The normalized spacial score (nSPS) is 16.4. The molecule has 0 fully saturated rings. The molecule has 0 unspecified atom stereocenters. The van der Waals surface area contributed by atoms with Crippen LogP contribution in [0.5, 0.6) is 0 Å². The minimum Gasteiger partial charge on any atom is -0.367 e. The van der Waals surface area contributed by atoms with Gasteiger partial charge in [-0.2, -0.15) is 0 Å². The average Bonchev–Trinajstić information content (AvgIpc) is 2.79. The molecule has 0 aromatic heterocycles. The van der Waals surface area contributed by atoms with Gasteiger partial charge in [0.25, 0.3) is 0 Å². The van der Waals surface area contributed by atoms with Crippen LogP contribution < -0.4 is 11.1 Å². The van der Waals surface area contributed by atoms with E-state index in [2.05, 4.69) is 17.2 Å². The van der Waals surface area contributed by atoms with Crippen molar-refractivity contribution in [1.82, 2.24) is 5.32 Å². The van der Waals surface area contributed by atoms with Gasteiger partial charge in [-0.1, -0.05) is 11.8 Å². The van der Waals surface area contributed by atoms with Gasteiger partial charge in [-0.05, 0) is 32.9 Å². The van der Waals surface area contributed by atoms with Gasteiger partial charge in [0, 0.05) is 0 Å². The Bertz CT molecular complexity index is 229. The summed E-state index contributed by atoms with van der Waals surface area (Å²) >= 11 is 0. The summed E-state index contributed by atoms with van der Waals surface area (Å²) < 4.78 is 0. The molecule has 1 amide bonds. The first-order valence-corrected chi connectivity index (χ1v) is 4.20. The summed E-state index contributed by atoms with van der Waals surface area (Å²) in [5, 5.41) is 3.05. The summed E-state index contributed by atoms with van der Waals surface area (Å²) in [5.74, 6) is 5.25. The molecule has 0 radical (unpaired) electrons. The molecule has 0 aromatic carbocycles. The SMILES string of the molecule is CNCCCCC1(C(N)=O)C#C1. The zero-order valence-corrected chi connectivity index (χ0v) is 7.31. The Balaban J connectivity index is 2.11. The number of nitrogens with two attached hydrogens (primary N) is 1. The highest BCUT2D eigenvalue weighted by Crippen LogP contribution is 2.31. The van der Waals surface area contributed by atoms with Gasteiger partial charge >= 0.3 is 0 Å². The van der Waals surface area contributed by atoms with Crippen molar-refractivity contribution < 1.29 is 4.79 Å². The lowest BCUT2D eigenvalue weighted by atomic mass is 9.94. The predicted octanol–water partition coefficient (Wildman–Crippen LogP) is -0.135. The minimum atomic E-state index is -0.590. The van der Waals surface area contributed by atoms with Gasteiger partial charge in [0.1, 0.15) is 0 Å². The standard InChI is InChI=1S/C9H14N2O/c1-11-7-3-2-4-9(5-6-9)8(10)12/h11H,2-4,7H2,1H3,(H2,10,12). The predicted molar refractivity (Wildman–Crippen MR) is 47.2 cm³/mol. The first-order chi connectivity index (χ1) is 5.71. The molecule has 3 N–H and O–H groups in total. The molecule has 0 aliphatic heterocycles. The van der Waals surface area contributed by atoms with Crippen LogP contribution in [-0.4, -0.2) is 19.5 Å². The van der Waals surface area contributed by atoms with Crippen LogP contribution in [0.3, 0.4) is 0 Å². The Hall–Kier alpha value is -1.01. The molecule has 0 saturated heterocycles. The molecule has 12 heavy (non-hydrogen) atoms. The van der Waals surface area contributed by atoms with Crippen LogP contribution in [0.25, 0.3) is 0 Å². The number of carbonyl (C=O) groups excluding carboxylic acids is 1. The van der Waals surface area contributed by atoms with E-state index in [0.717, 1.165) is 25.8 Å². The fourth-order valence-electron chi connectivity index (χ4n) is 1.14. The van der Waals surface area contributed by atoms with Crippen LogP contribution in [0.15, 0.2) is 0 Å². The highest BCUT2D eigenvalue weighted by atomic mass is 16.1. The van der Waals surface area contributed by atoms with Gasteiger partial charge in [-0.3, -0.25) is 4.79 Å². The Kier molecular flexibility index (Phi) is 2.72. The molecule has 1 rings (SSSR count). The lowest BCUT2D eigenvalue weighted by molar-refractivity contribution is -0.122. The fourth-order valence-corrected chi connectivity index (χ4v) is 1.14. The maximum atomic E-state index is 10.8. The molecule has 3 heteroatoms. The van der Waals surface area contributed by atoms with Crippen molar-refractivity contribution in [2.45, 2.75) is 19.3 Å². The van der Waals surface area contributed by atoms with Gasteiger partial charge in [0.15, 0.2) is 5.41 Å². The van der Waals surface area contributed by atoms with Gasteiger partial charge in [0.05, 0.1) is 0 Å². The fraction of sp³-hybridized carbons (Fsp3) is 0.667. The van der Waals surface area contributed by atoms with E-state index in [1.54, 1.807) is 0 Å². The Labute approximate surface area is 72.7 Å². The van der Waals surface area contributed by atoms with Crippen LogP contribution in [0.4, 0.5) is 0 Å². The van der Waals surface area contributed by atoms with Crippen molar-refractivity contribution in [2.75, 3.05) is 13.6 Å². The summed E-state index contributed by atoms with van der Waals surface area (Å²) in [6.45, 7) is 0.981. The zero-order chi connectivity index (χ0) is 9.03. The van der Waals surface area contributed by atoms with E-state index in [4.69, 9.17) is 5.73 Å². The Morgan fingerprint density at radius 3 is 2.58 bits per heavy atom. The second-order valence-electron chi connectivity index (χ2n) is 3.08. The third-order valence-electron chi connectivity index (χ3n) is 2.08. The van der Waals surface area contributed by atoms with Crippen molar-refractivity contribution in [3.8, 4) is 11.8 Å². The molecular weight excluding hydrogens is 152 g/mol. The largest absolute Gasteiger partial charge is 0.367 e. The summed E-state index contributed by atoms with van der Waals surface area (Å²) in [6, 6.07) is 0. The van der Waals surface area contributed by atoms with Crippen molar-refractivity contribution in [3.63, 3.8) is 0 Å². The lowest BCUT2D eigenvalue weighted by Crippen LogP contribution is -2.27. The van der Waals surface area contributed by atoms with Crippen molar-refractivity contribution >= 4 is 5.91 Å². The van der Waals surface area contributed by atoms with Crippen LogP contribution in [0, 0.1) is 17.3 Å². The first-order valence-electron chi connectivity index (χ1n) is 4.20. The summed E-state index contributed by atoms with van der Waals surface area (Å²) in [6.07, 6.45) is 2.82. The average molecular weight is 166 g/mol. The lowest BCUT2D eigenvalue weighted by Gasteiger charge is -2.08. The van der Waals surface area contributed by atoms with Crippen LogP contribution in [0.2, 0.25) is 0 Å². The third kappa shape index (κ3) is 1.99. The number of hydrogen-bond donors (Lipinski definition) is 2. The van der Waals surface area contributed by atoms with E-state index in [-0.39, 0.29) is 5.91 Å². The van der Waals surface area contributed by atoms with Crippen LogP contribution in [0.1, 0.15) is 19.3 Å². The molecule has 0 bridgehead atoms. The van der Waals surface area contributed by atoms with Gasteiger partial charge in [-0.15, -0.1) is 0 Å². The van der Waals surface area contributed by atoms with Gasteiger partial charge < -0.3 is 11.1 Å². The number of rotatable bonds is 6. The monoisotopic (exact) mass is 166 g/mol. The van der Waals surface area contributed by atoms with Crippen LogP contribution in [-0.2, 0) is 4.79 Å². The van der Waals surface area contributed by atoms with Crippen molar-refractivity contribution in [3.05, 3.63) is 0 Å². The number of amides is 1. The second-order valence-corrected chi connectivity index (χ2v) is 3.08. The maximum Gasteiger partial charge on any atom is 0.247 e. The van der Waals surface area contributed by atoms with Gasteiger partial charge in [0.2, 0.25) is 5.91 Å². The molecule has 3 nitrogen and oxygen atoms in total.